The first kappa shape index (κ1) is 12.6. The smallest absolute Gasteiger partial charge is 0.255 e. The van der Waals surface area contributed by atoms with Crippen LogP contribution in [-0.4, -0.2) is 8.52 Å². The molecule has 0 spiro atoms. The second kappa shape index (κ2) is 4.94. The van der Waals surface area contributed by atoms with Gasteiger partial charge >= 0.3 is 10.6 Å². The largest absolute Gasteiger partial charge is 0.350 e. The van der Waals surface area contributed by atoms with E-state index in [1.807, 2.05) is 37.3 Å². The molecule has 1 aromatic heterocycles. The maximum atomic E-state index is 12.4. The summed E-state index contributed by atoms with van der Waals surface area (Å²) in [5, 5.41) is 0. The number of para-hydroxylation sites is 1. The predicted molar refractivity (Wildman–Crippen MR) is 80.3 cm³/mol. The van der Waals surface area contributed by atoms with Crippen LogP contribution in [0.2, 0.25) is 0 Å². The quantitative estimate of drug-likeness (QED) is 0.725. The molecule has 0 radical (unpaired) electrons. The fourth-order valence-corrected chi connectivity index (χ4v) is 2.77. The lowest BCUT2D eigenvalue weighted by atomic mass is 10.2. The summed E-state index contributed by atoms with van der Waals surface area (Å²) in [6.45, 7) is 1.98. The minimum atomic E-state index is -0.338. The lowest BCUT2D eigenvalue weighted by molar-refractivity contribution is 0.905. The molecule has 0 aliphatic carbocycles. The standard InChI is InChI=1S/C15H12N2O2S/c1-11-7-9-13(10-8-11)17-14(18)16(15(19)20-17)12-5-3-2-4-6-12/h2-10H,1H3. The lowest BCUT2D eigenvalue weighted by Gasteiger charge is -2.01. The van der Waals surface area contributed by atoms with Crippen molar-refractivity contribution in [1.82, 2.24) is 8.52 Å². The van der Waals surface area contributed by atoms with E-state index in [1.54, 1.807) is 24.3 Å². The fourth-order valence-electron chi connectivity index (χ4n) is 1.96. The average Bonchev–Trinajstić information content (AvgIpc) is 2.76. The van der Waals surface area contributed by atoms with Gasteiger partial charge in [-0.1, -0.05) is 35.9 Å². The van der Waals surface area contributed by atoms with Gasteiger partial charge in [-0.25, -0.2) is 13.3 Å². The van der Waals surface area contributed by atoms with Crippen molar-refractivity contribution in [2.45, 2.75) is 6.92 Å². The third-order valence-electron chi connectivity index (χ3n) is 3.00. The van der Waals surface area contributed by atoms with Crippen LogP contribution in [0, 0.1) is 6.92 Å². The zero-order chi connectivity index (χ0) is 14.1. The third-order valence-corrected chi connectivity index (χ3v) is 3.89. The number of benzene rings is 2. The molecule has 0 saturated carbocycles. The van der Waals surface area contributed by atoms with Gasteiger partial charge in [0.2, 0.25) is 0 Å². The highest BCUT2D eigenvalue weighted by molar-refractivity contribution is 7.03. The Kier molecular flexibility index (Phi) is 3.12. The molecule has 0 unspecified atom stereocenters. The summed E-state index contributed by atoms with van der Waals surface area (Å²) < 4.78 is 2.60. The van der Waals surface area contributed by atoms with Gasteiger partial charge in [0.1, 0.15) is 0 Å². The van der Waals surface area contributed by atoms with Crippen LogP contribution < -0.4 is 10.6 Å². The molecule has 4 nitrogen and oxygen atoms in total. The molecule has 20 heavy (non-hydrogen) atoms. The Bertz CT molecular complexity index is 842. The van der Waals surface area contributed by atoms with E-state index in [9.17, 15) is 9.59 Å². The van der Waals surface area contributed by atoms with Crippen LogP contribution in [0.3, 0.4) is 0 Å². The second-order valence-corrected chi connectivity index (χ2v) is 5.34. The van der Waals surface area contributed by atoms with Crippen molar-refractivity contribution in [3.8, 4) is 11.4 Å². The molecule has 0 saturated heterocycles. The topological polar surface area (TPSA) is 44.0 Å². The summed E-state index contributed by atoms with van der Waals surface area (Å²) in [7, 11) is 0. The number of rotatable bonds is 2. The number of hydrogen-bond donors (Lipinski definition) is 0. The fraction of sp³-hybridized carbons (Fsp3) is 0.0667. The molecule has 1 heterocycles. The van der Waals surface area contributed by atoms with Crippen LogP contribution in [0.15, 0.2) is 64.2 Å². The van der Waals surface area contributed by atoms with E-state index in [1.165, 1.54) is 8.52 Å². The van der Waals surface area contributed by atoms with E-state index < -0.39 is 0 Å². The van der Waals surface area contributed by atoms with Crippen LogP contribution >= 0.6 is 11.5 Å². The van der Waals surface area contributed by atoms with Crippen molar-refractivity contribution >= 4 is 11.5 Å². The van der Waals surface area contributed by atoms with Gasteiger partial charge in [0, 0.05) is 11.5 Å². The minimum Gasteiger partial charge on any atom is -0.255 e. The number of aromatic nitrogens is 2. The summed E-state index contributed by atoms with van der Waals surface area (Å²) in [5.74, 6) is 0. The van der Waals surface area contributed by atoms with Crippen molar-refractivity contribution in [2.75, 3.05) is 0 Å². The van der Waals surface area contributed by atoms with Crippen LogP contribution in [0.5, 0.6) is 0 Å². The molecular weight excluding hydrogens is 272 g/mol. The molecule has 0 aliphatic rings. The highest BCUT2D eigenvalue weighted by Crippen LogP contribution is 2.10. The Balaban J connectivity index is 2.20. The highest BCUT2D eigenvalue weighted by Gasteiger charge is 2.12. The molecule has 3 aromatic rings. The molecule has 0 fully saturated rings. The zero-order valence-corrected chi connectivity index (χ0v) is 11.6. The van der Waals surface area contributed by atoms with E-state index in [4.69, 9.17) is 0 Å². The van der Waals surface area contributed by atoms with E-state index in [0.29, 0.717) is 11.4 Å². The highest BCUT2D eigenvalue weighted by atomic mass is 32.1. The molecule has 100 valence electrons. The zero-order valence-electron chi connectivity index (χ0n) is 10.8. The van der Waals surface area contributed by atoms with Crippen molar-refractivity contribution in [3.05, 3.63) is 80.3 Å². The van der Waals surface area contributed by atoms with Crippen LogP contribution in [0.25, 0.3) is 11.4 Å². The summed E-state index contributed by atoms with van der Waals surface area (Å²) in [5.41, 5.74) is 2.06. The van der Waals surface area contributed by atoms with Crippen LogP contribution in [0.4, 0.5) is 0 Å². The Labute approximate surface area is 119 Å². The molecule has 0 aliphatic heterocycles. The normalized spacial score (nSPS) is 10.7. The maximum absolute atomic E-state index is 12.4. The summed E-state index contributed by atoms with van der Waals surface area (Å²) in [6.07, 6.45) is 0. The number of aryl methyl sites for hydroxylation is 1. The Morgan fingerprint density at radius 1 is 0.850 bits per heavy atom. The molecule has 3 rings (SSSR count). The van der Waals surface area contributed by atoms with Gasteiger partial charge in [0.05, 0.1) is 11.4 Å². The minimum absolute atomic E-state index is 0.290. The first-order valence-corrected chi connectivity index (χ1v) is 6.92. The summed E-state index contributed by atoms with van der Waals surface area (Å²) in [4.78, 5) is 24.2. The predicted octanol–water partition coefficient (Wildman–Crippen LogP) is 2.36. The van der Waals surface area contributed by atoms with Gasteiger partial charge in [-0.05, 0) is 31.2 Å². The molecule has 0 bridgehead atoms. The monoisotopic (exact) mass is 284 g/mol. The van der Waals surface area contributed by atoms with Crippen molar-refractivity contribution in [2.24, 2.45) is 0 Å². The van der Waals surface area contributed by atoms with Gasteiger partial charge in [-0.15, -0.1) is 0 Å². The van der Waals surface area contributed by atoms with E-state index in [0.717, 1.165) is 17.1 Å². The van der Waals surface area contributed by atoms with Gasteiger partial charge in [-0.3, -0.25) is 4.79 Å². The van der Waals surface area contributed by atoms with Crippen LogP contribution in [0.1, 0.15) is 5.56 Å². The van der Waals surface area contributed by atoms with E-state index in [2.05, 4.69) is 0 Å². The third kappa shape index (κ3) is 2.12. The second-order valence-electron chi connectivity index (χ2n) is 4.44. The molecule has 0 atom stereocenters. The number of hydrogen-bond acceptors (Lipinski definition) is 3. The van der Waals surface area contributed by atoms with Gasteiger partial charge in [0.15, 0.2) is 0 Å². The van der Waals surface area contributed by atoms with Crippen molar-refractivity contribution < 1.29 is 0 Å². The van der Waals surface area contributed by atoms with Gasteiger partial charge in [0.25, 0.3) is 0 Å². The first-order valence-electron chi connectivity index (χ1n) is 6.15. The Morgan fingerprint density at radius 3 is 2.15 bits per heavy atom. The van der Waals surface area contributed by atoms with Gasteiger partial charge in [-0.2, -0.15) is 0 Å². The molecule has 5 heteroatoms. The van der Waals surface area contributed by atoms with Crippen LogP contribution in [-0.2, 0) is 0 Å². The van der Waals surface area contributed by atoms with Crippen molar-refractivity contribution in [1.29, 1.82) is 0 Å². The summed E-state index contributed by atoms with van der Waals surface area (Å²) in [6, 6.07) is 16.4. The van der Waals surface area contributed by atoms with Crippen molar-refractivity contribution in [3.63, 3.8) is 0 Å². The lowest BCUT2D eigenvalue weighted by Crippen LogP contribution is -2.26. The number of nitrogens with zero attached hydrogens (tertiary/aromatic N) is 2. The maximum Gasteiger partial charge on any atom is 0.350 e. The Hall–Kier alpha value is -2.40. The summed E-state index contributed by atoms with van der Waals surface area (Å²) >= 11 is 0.906. The van der Waals surface area contributed by atoms with Gasteiger partial charge < -0.3 is 0 Å². The molecular formula is C15H12N2O2S. The average molecular weight is 284 g/mol. The molecule has 0 amide bonds. The molecule has 0 N–H and O–H groups in total. The molecule has 2 aromatic carbocycles. The first-order chi connectivity index (χ1) is 9.66. The van der Waals surface area contributed by atoms with E-state index in [-0.39, 0.29) is 10.6 Å². The Morgan fingerprint density at radius 2 is 1.50 bits per heavy atom. The van der Waals surface area contributed by atoms with E-state index >= 15 is 0 Å². The SMILES string of the molecule is Cc1ccc(-n2sc(=O)n(-c3ccccc3)c2=O)cc1.